The van der Waals surface area contributed by atoms with Crippen LogP contribution in [0.15, 0.2) is 103 Å². The van der Waals surface area contributed by atoms with E-state index in [-0.39, 0.29) is 25.8 Å². The number of ether oxygens (including phenoxy) is 2. The normalized spacial score (nSPS) is 15.5. The molecular formula is C29H18IrN2O4PS-. The maximum atomic E-state index is 10.1. The van der Waals surface area contributed by atoms with Crippen LogP contribution in [0.3, 0.4) is 0 Å². The largest absolute Gasteiger partial charge is 0.477 e. The number of nitrogens with zero attached hydrogens (tertiary/aromatic N) is 2. The van der Waals surface area contributed by atoms with E-state index in [1.807, 2.05) is 60.7 Å². The van der Waals surface area contributed by atoms with Gasteiger partial charge in [-0.2, -0.15) is 0 Å². The van der Waals surface area contributed by atoms with Crippen molar-refractivity contribution < 1.29 is 39.5 Å². The smallest absolute Gasteiger partial charge is 0.354 e. The summed E-state index contributed by atoms with van der Waals surface area (Å²) in [4.78, 5) is 18.2. The molecule has 6 nitrogen and oxygen atoms in total. The fraction of sp³-hybridized carbons (Fsp3) is 0. The Balaban J connectivity index is 0.000000253. The predicted octanol–water partition coefficient (Wildman–Crippen LogP) is 5.29. The van der Waals surface area contributed by atoms with E-state index >= 15 is 0 Å². The number of pyridine rings is 2. The summed E-state index contributed by atoms with van der Waals surface area (Å²) < 4.78 is 12.6. The van der Waals surface area contributed by atoms with Gasteiger partial charge in [-0.05, 0) is 41.3 Å². The second kappa shape index (κ2) is 10.6. The van der Waals surface area contributed by atoms with Gasteiger partial charge in [-0.3, -0.25) is 0 Å². The third-order valence-corrected chi connectivity index (χ3v) is 10.8. The molecule has 0 bridgehead atoms. The van der Waals surface area contributed by atoms with E-state index in [4.69, 9.17) is 26.4 Å². The molecular weight excluding hydrogens is 696 g/mol. The van der Waals surface area contributed by atoms with Crippen molar-refractivity contribution in [2.45, 2.75) is 0 Å². The van der Waals surface area contributed by atoms with Crippen molar-refractivity contribution in [1.29, 1.82) is 0 Å². The van der Waals surface area contributed by atoms with Crippen LogP contribution >= 0.6 is 6.04 Å². The summed E-state index contributed by atoms with van der Waals surface area (Å²) in [6, 6.07) is 29.8. The topological polar surface area (TPSA) is 81.5 Å². The van der Waals surface area contributed by atoms with Crippen molar-refractivity contribution in [3.63, 3.8) is 0 Å². The van der Waals surface area contributed by atoms with Crippen LogP contribution < -0.4 is 25.4 Å². The molecule has 2 aliphatic rings. The number of hydrogen-bond donors (Lipinski definition) is 1. The number of hydrogen-bond acceptors (Lipinski definition) is 6. The summed E-state index contributed by atoms with van der Waals surface area (Å²) in [5.41, 5.74) is 1.73. The zero-order valence-corrected chi connectivity index (χ0v) is 23.7. The van der Waals surface area contributed by atoms with Crippen molar-refractivity contribution in [2.75, 3.05) is 0 Å². The van der Waals surface area contributed by atoms with Crippen molar-refractivity contribution in [2.24, 2.45) is 0 Å². The van der Waals surface area contributed by atoms with Gasteiger partial charge < -0.3 is 19.6 Å². The average Bonchev–Trinajstić information content (AvgIpc) is 2.94. The number of aromatic carboxylic acids is 1. The number of aromatic nitrogens is 2. The summed E-state index contributed by atoms with van der Waals surface area (Å²) in [6.07, 6.45) is 3.22. The number of fused-ring (bicyclic) bond motifs is 4. The Morgan fingerprint density at radius 1 is 0.789 bits per heavy atom. The van der Waals surface area contributed by atoms with Gasteiger partial charge in [-0.15, -0.1) is 5.56 Å². The summed E-state index contributed by atoms with van der Waals surface area (Å²) in [5.74, 6) is 2.02. The summed E-state index contributed by atoms with van der Waals surface area (Å²) in [5, 5.41) is 11.4. The Kier molecular flexibility index (Phi) is 7.24. The van der Waals surface area contributed by atoms with Gasteiger partial charge >= 0.3 is 5.97 Å². The number of carboxylic acid groups (broad SMARTS) is 1. The number of rotatable bonds is 2. The van der Waals surface area contributed by atoms with Gasteiger partial charge in [0.25, 0.3) is 0 Å². The van der Waals surface area contributed by atoms with Gasteiger partial charge in [0, 0.05) is 49.1 Å². The molecule has 2 aromatic heterocycles. The summed E-state index contributed by atoms with van der Waals surface area (Å²) in [7, 11) is 0. The molecule has 5 aromatic rings. The Morgan fingerprint density at radius 2 is 1.39 bits per heavy atom. The van der Waals surface area contributed by atoms with Crippen LogP contribution in [0.25, 0.3) is 11.3 Å². The van der Waals surface area contributed by atoms with Gasteiger partial charge in [0.2, 0.25) is 0 Å². The van der Waals surface area contributed by atoms with Crippen molar-refractivity contribution in [3.8, 4) is 34.3 Å². The van der Waals surface area contributed by atoms with Gasteiger partial charge in [0.05, 0.1) is 11.5 Å². The molecule has 4 heterocycles. The van der Waals surface area contributed by atoms with E-state index in [0.29, 0.717) is 5.75 Å². The SMILES string of the molecule is O=C(O)c1ccccn1.S=P12c3ccccc3Oc3[c-]c(-c4ccccn4)cc(c31)Oc1ccccc12.[Ir]. The Morgan fingerprint density at radius 3 is 1.97 bits per heavy atom. The molecule has 9 heteroatoms. The minimum atomic E-state index is -2.29. The molecule has 1 N–H and O–H groups in total. The van der Waals surface area contributed by atoms with Crippen molar-refractivity contribution >= 4 is 39.7 Å². The molecule has 1 radical (unpaired) electrons. The van der Waals surface area contributed by atoms with Gasteiger partial charge in [0.1, 0.15) is 17.2 Å². The number of carbonyl (C=O) groups is 1. The van der Waals surface area contributed by atoms with Gasteiger partial charge in [-0.25, -0.2) is 9.78 Å². The Hall–Kier alpha value is -3.67. The van der Waals surface area contributed by atoms with Crippen LogP contribution in [-0.4, -0.2) is 21.0 Å². The maximum absolute atomic E-state index is 10.1. The van der Waals surface area contributed by atoms with Gasteiger partial charge in [-0.1, -0.05) is 78.5 Å². The van der Waals surface area contributed by atoms with E-state index in [9.17, 15) is 4.79 Å². The van der Waals surface area contributed by atoms with E-state index in [1.165, 1.54) is 12.3 Å². The fourth-order valence-corrected chi connectivity index (χ4v) is 8.76. The van der Waals surface area contributed by atoms with E-state index in [0.717, 1.165) is 44.4 Å². The Bertz CT molecular complexity index is 1630. The second-order valence-corrected chi connectivity index (χ2v) is 12.5. The van der Waals surface area contributed by atoms with Crippen LogP contribution in [0.4, 0.5) is 0 Å². The monoisotopic (exact) mass is 714 g/mol. The molecule has 1 atom stereocenters. The van der Waals surface area contributed by atoms with Crippen LogP contribution in [0.5, 0.6) is 23.0 Å². The fourth-order valence-electron chi connectivity index (χ4n) is 4.33. The van der Waals surface area contributed by atoms with Crippen LogP contribution in [0.2, 0.25) is 0 Å². The van der Waals surface area contributed by atoms with E-state index < -0.39 is 12.0 Å². The third-order valence-electron chi connectivity index (χ3n) is 5.95. The van der Waals surface area contributed by atoms with E-state index in [1.54, 1.807) is 18.3 Å². The summed E-state index contributed by atoms with van der Waals surface area (Å²) in [6.45, 7) is 0. The predicted molar refractivity (Wildman–Crippen MR) is 146 cm³/mol. The molecule has 3 aromatic carbocycles. The molecule has 189 valence electrons. The number of para-hydroxylation sites is 2. The number of benzene rings is 3. The van der Waals surface area contributed by atoms with Crippen LogP contribution in [0, 0.1) is 6.07 Å². The third kappa shape index (κ3) is 4.46. The van der Waals surface area contributed by atoms with Crippen LogP contribution in [0.1, 0.15) is 10.5 Å². The van der Waals surface area contributed by atoms with Gasteiger partial charge in [0.15, 0.2) is 0 Å². The standard InChI is InChI=1S/C23H13NO2PS.C6H5NO2.Ir/c28-27-21-10-3-1-8-17(21)25-19-13-15(16-7-5-6-12-24-16)14-20(23(19)27)26-18-9-2-4-11-22(18)27;8-6(9)5-3-1-2-4-7-5;/h1-13H;1-4H,(H,8,9);/q-1;;. The first-order valence-electron chi connectivity index (χ1n) is 11.4. The summed E-state index contributed by atoms with van der Waals surface area (Å²) >= 11 is 6.43. The van der Waals surface area contributed by atoms with Crippen LogP contribution in [-0.2, 0) is 31.9 Å². The molecule has 0 fully saturated rings. The first-order chi connectivity index (χ1) is 18.1. The van der Waals surface area contributed by atoms with Crippen molar-refractivity contribution in [3.05, 3.63) is 115 Å². The maximum Gasteiger partial charge on any atom is 0.354 e. The first-order valence-corrected chi connectivity index (χ1v) is 14.2. The molecule has 2 aliphatic heterocycles. The minimum Gasteiger partial charge on any atom is -0.477 e. The molecule has 7 rings (SSSR count). The Labute approximate surface area is 237 Å². The second-order valence-electron chi connectivity index (χ2n) is 8.21. The zero-order valence-electron chi connectivity index (χ0n) is 19.6. The van der Waals surface area contributed by atoms with E-state index in [2.05, 4.69) is 28.2 Å². The van der Waals surface area contributed by atoms with Crippen molar-refractivity contribution in [1.82, 2.24) is 9.97 Å². The molecule has 38 heavy (non-hydrogen) atoms. The molecule has 0 amide bonds. The molecule has 0 saturated heterocycles. The quantitative estimate of drug-likeness (QED) is 0.193. The first kappa shape index (κ1) is 26.0. The molecule has 0 aliphatic carbocycles. The molecule has 0 saturated carbocycles. The molecule has 1 unspecified atom stereocenters. The zero-order chi connectivity index (χ0) is 25.4. The number of carboxylic acids is 1. The molecule has 0 spiro atoms. The minimum absolute atomic E-state index is 0. The average molecular weight is 714 g/mol.